The van der Waals surface area contributed by atoms with E-state index in [0.717, 1.165) is 24.6 Å². The number of aromatic nitrogens is 1. The van der Waals surface area contributed by atoms with Gasteiger partial charge in [0.2, 0.25) is 0 Å². The van der Waals surface area contributed by atoms with Gasteiger partial charge < -0.3 is 24.2 Å². The first-order valence-electron chi connectivity index (χ1n) is 9.14. The lowest BCUT2D eigenvalue weighted by Gasteiger charge is -2.33. The van der Waals surface area contributed by atoms with Gasteiger partial charge in [0.25, 0.3) is 0 Å². The molecule has 9 heteroatoms. The van der Waals surface area contributed by atoms with Crippen LogP contribution >= 0.6 is 0 Å². The maximum Gasteiger partial charge on any atom is 0.417 e. The first-order valence-corrected chi connectivity index (χ1v) is 9.14. The molecule has 1 aliphatic rings. The van der Waals surface area contributed by atoms with E-state index in [0.29, 0.717) is 36.5 Å². The molecule has 1 aliphatic heterocycles. The Balaban J connectivity index is 1.41. The van der Waals surface area contributed by atoms with E-state index in [2.05, 4.69) is 20.5 Å². The Morgan fingerprint density at radius 1 is 1.21 bits per heavy atom. The number of benzene rings is 1. The van der Waals surface area contributed by atoms with Crippen LogP contribution < -0.4 is 16.4 Å². The van der Waals surface area contributed by atoms with Crippen molar-refractivity contribution in [1.29, 1.82) is 0 Å². The zero-order valence-corrected chi connectivity index (χ0v) is 15.5. The number of oxazole rings is 1. The zero-order chi connectivity index (χ0) is 19.5. The molecular formula is C19H22N4O5. The summed E-state index contributed by atoms with van der Waals surface area (Å²) in [7, 11) is 0. The Morgan fingerprint density at radius 3 is 2.79 bits per heavy atom. The van der Waals surface area contributed by atoms with Crippen molar-refractivity contribution in [2.45, 2.75) is 13.0 Å². The number of furan rings is 1. The van der Waals surface area contributed by atoms with Crippen molar-refractivity contribution in [3.63, 3.8) is 0 Å². The summed E-state index contributed by atoms with van der Waals surface area (Å²) in [4.78, 5) is 28.4. The third kappa shape index (κ3) is 4.10. The number of hydrogen-bond acceptors (Lipinski definition) is 6. The fourth-order valence-electron chi connectivity index (χ4n) is 3.32. The highest BCUT2D eigenvalue weighted by atomic mass is 16.5. The first-order chi connectivity index (χ1) is 13.6. The molecule has 28 heavy (non-hydrogen) atoms. The van der Waals surface area contributed by atoms with E-state index in [9.17, 15) is 9.59 Å². The number of aryl methyl sites for hydroxylation is 1. The summed E-state index contributed by atoms with van der Waals surface area (Å²) in [6.07, 6.45) is 0. The highest BCUT2D eigenvalue weighted by molar-refractivity contribution is 5.91. The van der Waals surface area contributed by atoms with Gasteiger partial charge in [-0.05, 0) is 31.2 Å². The van der Waals surface area contributed by atoms with Crippen LogP contribution in [0.1, 0.15) is 17.6 Å². The zero-order valence-electron chi connectivity index (χ0n) is 15.5. The molecule has 2 amide bonds. The quantitative estimate of drug-likeness (QED) is 0.620. The Kier molecular flexibility index (Phi) is 5.18. The topological polar surface area (TPSA) is 113 Å². The summed E-state index contributed by atoms with van der Waals surface area (Å²) in [6, 6.07) is 8.41. The van der Waals surface area contributed by atoms with Crippen molar-refractivity contribution in [3.8, 4) is 0 Å². The van der Waals surface area contributed by atoms with Gasteiger partial charge in [-0.15, -0.1) is 0 Å². The highest BCUT2D eigenvalue weighted by Crippen LogP contribution is 2.23. The lowest BCUT2D eigenvalue weighted by molar-refractivity contribution is 0.0122. The van der Waals surface area contributed by atoms with Crippen molar-refractivity contribution in [1.82, 2.24) is 15.2 Å². The molecule has 2 aromatic heterocycles. The molecule has 1 atom stereocenters. The van der Waals surface area contributed by atoms with E-state index in [-0.39, 0.29) is 12.1 Å². The molecule has 148 valence electrons. The molecule has 4 rings (SSSR count). The van der Waals surface area contributed by atoms with Gasteiger partial charge in [0.1, 0.15) is 11.5 Å². The third-order valence-corrected chi connectivity index (χ3v) is 4.71. The number of aromatic amines is 1. The number of urea groups is 1. The number of carbonyl (C=O) groups is 1. The summed E-state index contributed by atoms with van der Waals surface area (Å²) < 4.78 is 16.2. The van der Waals surface area contributed by atoms with Gasteiger partial charge >= 0.3 is 11.8 Å². The highest BCUT2D eigenvalue weighted by Gasteiger charge is 2.25. The number of nitrogens with zero attached hydrogens (tertiary/aromatic N) is 1. The van der Waals surface area contributed by atoms with Gasteiger partial charge in [-0.3, -0.25) is 9.88 Å². The number of anilines is 1. The van der Waals surface area contributed by atoms with Crippen molar-refractivity contribution < 1.29 is 18.4 Å². The molecule has 0 radical (unpaired) electrons. The predicted molar refractivity (Wildman–Crippen MR) is 102 cm³/mol. The largest absolute Gasteiger partial charge is 0.465 e. The van der Waals surface area contributed by atoms with Crippen LogP contribution in [0.4, 0.5) is 10.5 Å². The minimum atomic E-state index is -0.529. The average molecular weight is 386 g/mol. The Morgan fingerprint density at radius 2 is 2.04 bits per heavy atom. The normalized spacial score (nSPS) is 16.2. The van der Waals surface area contributed by atoms with E-state index in [4.69, 9.17) is 13.6 Å². The summed E-state index contributed by atoms with van der Waals surface area (Å²) in [6.45, 7) is 5.15. The summed E-state index contributed by atoms with van der Waals surface area (Å²) in [5.41, 5.74) is 1.50. The van der Waals surface area contributed by atoms with E-state index < -0.39 is 5.76 Å². The molecule has 1 saturated heterocycles. The van der Waals surface area contributed by atoms with Crippen molar-refractivity contribution >= 4 is 22.8 Å². The molecule has 3 aromatic rings. The van der Waals surface area contributed by atoms with Gasteiger partial charge in [0.15, 0.2) is 5.58 Å². The molecule has 3 N–H and O–H groups in total. The van der Waals surface area contributed by atoms with Crippen LogP contribution in [-0.4, -0.2) is 48.8 Å². The monoisotopic (exact) mass is 386 g/mol. The number of morpholine rings is 1. The number of nitrogens with one attached hydrogen (secondary N) is 3. The molecule has 1 fully saturated rings. The molecular weight excluding hydrogens is 364 g/mol. The Bertz CT molecular complexity index is 1010. The minimum absolute atomic E-state index is 0.0754. The minimum Gasteiger partial charge on any atom is -0.465 e. The van der Waals surface area contributed by atoms with Crippen LogP contribution in [0.2, 0.25) is 0 Å². The fraction of sp³-hybridized carbons (Fsp3) is 0.368. The van der Waals surface area contributed by atoms with Gasteiger partial charge in [0.05, 0.1) is 24.8 Å². The molecule has 0 aliphatic carbocycles. The number of rotatable bonds is 5. The number of hydrogen-bond donors (Lipinski definition) is 3. The number of fused-ring (bicyclic) bond motifs is 1. The van der Waals surface area contributed by atoms with Gasteiger partial charge in [-0.25, -0.2) is 9.59 Å². The predicted octanol–water partition coefficient (Wildman–Crippen LogP) is 2.22. The summed E-state index contributed by atoms with van der Waals surface area (Å²) in [5, 5.41) is 5.66. The van der Waals surface area contributed by atoms with E-state index in [1.54, 1.807) is 18.2 Å². The van der Waals surface area contributed by atoms with Gasteiger partial charge in [-0.1, -0.05) is 0 Å². The fourth-order valence-corrected chi connectivity index (χ4v) is 3.32. The number of carbonyl (C=O) groups excluding carboxylic acids is 1. The Labute approximate surface area is 160 Å². The van der Waals surface area contributed by atoms with Crippen LogP contribution in [0.15, 0.2) is 44.0 Å². The molecule has 9 nitrogen and oxygen atoms in total. The SMILES string of the molecule is Cc1ccc(C(CNC(=O)Nc2ccc3[nH]c(=O)oc3c2)N2CCOCC2)o1. The van der Waals surface area contributed by atoms with Crippen molar-refractivity contribution in [3.05, 3.63) is 52.4 Å². The van der Waals surface area contributed by atoms with Crippen LogP contribution in [0.25, 0.3) is 11.1 Å². The van der Waals surface area contributed by atoms with E-state index >= 15 is 0 Å². The number of ether oxygens (including phenoxy) is 1. The van der Waals surface area contributed by atoms with E-state index in [1.165, 1.54) is 0 Å². The lowest BCUT2D eigenvalue weighted by atomic mass is 10.1. The van der Waals surface area contributed by atoms with Gasteiger partial charge in [0, 0.05) is 31.4 Å². The van der Waals surface area contributed by atoms with Crippen LogP contribution in [-0.2, 0) is 4.74 Å². The van der Waals surface area contributed by atoms with Crippen LogP contribution in [0, 0.1) is 6.92 Å². The van der Waals surface area contributed by atoms with Crippen LogP contribution in [0.3, 0.4) is 0 Å². The lowest BCUT2D eigenvalue weighted by Crippen LogP contribution is -2.44. The molecule has 3 heterocycles. The van der Waals surface area contributed by atoms with Crippen molar-refractivity contribution in [2.75, 3.05) is 38.2 Å². The molecule has 0 spiro atoms. The maximum absolute atomic E-state index is 12.4. The molecule has 0 saturated carbocycles. The first kappa shape index (κ1) is 18.3. The second-order valence-corrected chi connectivity index (χ2v) is 6.67. The smallest absolute Gasteiger partial charge is 0.417 e. The second-order valence-electron chi connectivity index (χ2n) is 6.67. The number of amides is 2. The molecule has 1 aromatic carbocycles. The maximum atomic E-state index is 12.4. The van der Waals surface area contributed by atoms with E-state index in [1.807, 2.05) is 19.1 Å². The van der Waals surface area contributed by atoms with Gasteiger partial charge in [-0.2, -0.15) is 0 Å². The average Bonchev–Trinajstić information content (AvgIpc) is 3.27. The van der Waals surface area contributed by atoms with Crippen LogP contribution in [0.5, 0.6) is 0 Å². The third-order valence-electron chi connectivity index (χ3n) is 4.71. The number of H-pyrrole nitrogens is 1. The summed E-state index contributed by atoms with van der Waals surface area (Å²) in [5.74, 6) is 1.12. The molecule has 0 bridgehead atoms. The second kappa shape index (κ2) is 7.91. The summed E-state index contributed by atoms with van der Waals surface area (Å²) >= 11 is 0. The standard InChI is InChI=1S/C19H22N4O5/c1-12-2-5-16(27-12)15(23-6-8-26-9-7-23)11-20-18(24)21-13-3-4-14-17(10-13)28-19(25)22-14/h2-5,10,15H,6-9,11H2,1H3,(H,22,25)(H2,20,21,24). The molecule has 1 unspecified atom stereocenters. The Hall–Kier alpha value is -3.04. The van der Waals surface area contributed by atoms with Crippen molar-refractivity contribution in [2.24, 2.45) is 0 Å².